The van der Waals surface area contributed by atoms with Crippen LogP contribution in [0, 0.1) is 0 Å². The number of hydrogen-bond acceptors (Lipinski definition) is 6. The number of rotatable bonds is 5. The second kappa shape index (κ2) is 9.64. The monoisotopic (exact) mass is 491 g/mol. The van der Waals surface area contributed by atoms with Gasteiger partial charge in [0.05, 0.1) is 23.3 Å². The number of halogens is 1. The molecule has 1 aliphatic heterocycles. The van der Waals surface area contributed by atoms with Crippen LogP contribution in [0.15, 0.2) is 78.4 Å². The zero-order valence-corrected chi connectivity index (χ0v) is 19.7. The van der Waals surface area contributed by atoms with Crippen molar-refractivity contribution in [2.75, 3.05) is 4.90 Å². The fourth-order valence-electron chi connectivity index (χ4n) is 3.90. The average Bonchev–Trinajstić information content (AvgIpc) is 3.09. The summed E-state index contributed by atoms with van der Waals surface area (Å²) >= 11 is 5.95. The Labute approximate surface area is 206 Å². The number of phenolic OH excluding ortho intramolecular Hbond substituents is 1. The number of anilines is 1. The molecule has 1 aliphatic rings. The van der Waals surface area contributed by atoms with Crippen LogP contribution in [0.2, 0.25) is 5.02 Å². The van der Waals surface area contributed by atoms with Gasteiger partial charge < -0.3 is 14.9 Å². The number of benzene rings is 3. The molecule has 0 aromatic heterocycles. The number of phenols is 1. The van der Waals surface area contributed by atoms with Crippen LogP contribution >= 0.6 is 11.6 Å². The van der Waals surface area contributed by atoms with Gasteiger partial charge in [-0.15, -0.1) is 0 Å². The van der Waals surface area contributed by atoms with Crippen LogP contribution in [0.3, 0.4) is 0 Å². The fourth-order valence-corrected chi connectivity index (χ4v) is 4.02. The molecular formula is C27H22ClNO6. The van der Waals surface area contributed by atoms with E-state index in [0.29, 0.717) is 16.1 Å². The van der Waals surface area contributed by atoms with Gasteiger partial charge in [-0.2, -0.15) is 0 Å². The maximum Gasteiger partial charge on any atom is 0.338 e. The summed E-state index contributed by atoms with van der Waals surface area (Å²) in [6.07, 6.45) is -0.336. The molecule has 0 aliphatic carbocycles. The number of ether oxygens (including phenoxy) is 1. The highest BCUT2D eigenvalue weighted by atomic mass is 35.5. The van der Waals surface area contributed by atoms with Gasteiger partial charge in [-0.05, 0) is 74.0 Å². The third-order valence-corrected chi connectivity index (χ3v) is 5.73. The van der Waals surface area contributed by atoms with Crippen LogP contribution in [0.5, 0.6) is 5.75 Å². The molecule has 2 N–H and O–H groups in total. The Kier molecular flexibility index (Phi) is 6.62. The minimum Gasteiger partial charge on any atom is -0.508 e. The fraction of sp³-hybridized carbons (Fsp3) is 0.148. The molecule has 0 saturated carbocycles. The minimum absolute atomic E-state index is 0.00170. The van der Waals surface area contributed by atoms with Gasteiger partial charge in [-0.25, -0.2) is 4.79 Å². The average molecular weight is 492 g/mol. The molecule has 1 saturated heterocycles. The molecule has 1 unspecified atom stereocenters. The van der Waals surface area contributed by atoms with Gasteiger partial charge in [-0.1, -0.05) is 29.8 Å². The van der Waals surface area contributed by atoms with Crippen molar-refractivity contribution >= 4 is 40.7 Å². The highest BCUT2D eigenvalue weighted by molar-refractivity contribution is 6.51. The standard InChI is InChI=1S/C27H22ClNO6/c1-15(2)35-27(34)18-4-3-5-20(14-18)29-23(16-8-12-21(30)13-9-16)22(25(32)26(29)33)24(31)17-6-10-19(28)11-7-17/h3-15,23,30-31H,1-2H3/b24-22+. The number of aliphatic hydroxyl groups excluding tert-OH is 1. The molecule has 3 aromatic rings. The number of hydrogen-bond donors (Lipinski definition) is 2. The highest BCUT2D eigenvalue weighted by Gasteiger charge is 2.47. The molecule has 8 heteroatoms. The summed E-state index contributed by atoms with van der Waals surface area (Å²) < 4.78 is 5.26. The number of carbonyl (C=O) groups excluding carboxylic acids is 3. The van der Waals surface area contributed by atoms with Crippen LogP contribution in [0.4, 0.5) is 5.69 Å². The van der Waals surface area contributed by atoms with E-state index in [-0.39, 0.29) is 34.4 Å². The van der Waals surface area contributed by atoms with Crippen molar-refractivity contribution in [3.63, 3.8) is 0 Å². The lowest BCUT2D eigenvalue weighted by atomic mass is 9.95. The zero-order chi connectivity index (χ0) is 25.3. The van der Waals surface area contributed by atoms with E-state index < -0.39 is 23.7 Å². The summed E-state index contributed by atoms with van der Waals surface area (Å²) in [5.74, 6) is -2.68. The van der Waals surface area contributed by atoms with E-state index in [4.69, 9.17) is 16.3 Å². The summed E-state index contributed by atoms with van der Waals surface area (Å²) in [5.41, 5.74) is 1.15. The SMILES string of the molecule is CC(C)OC(=O)c1cccc(N2C(=O)C(=O)/C(=C(/O)c3ccc(Cl)cc3)C2c2ccc(O)cc2)c1. The van der Waals surface area contributed by atoms with E-state index in [1.165, 1.54) is 23.1 Å². The lowest BCUT2D eigenvalue weighted by Gasteiger charge is -2.26. The number of aliphatic hydroxyl groups is 1. The Hall–Kier alpha value is -4.10. The molecule has 0 bridgehead atoms. The van der Waals surface area contributed by atoms with Crippen LogP contribution in [-0.2, 0) is 14.3 Å². The minimum atomic E-state index is -1.01. The molecule has 1 fully saturated rings. The Bertz CT molecular complexity index is 1330. The number of nitrogens with zero attached hydrogens (tertiary/aromatic N) is 1. The molecule has 1 heterocycles. The van der Waals surface area contributed by atoms with Crippen molar-refractivity contribution in [1.82, 2.24) is 0 Å². The van der Waals surface area contributed by atoms with Gasteiger partial charge in [0.15, 0.2) is 0 Å². The molecule has 178 valence electrons. The van der Waals surface area contributed by atoms with E-state index in [9.17, 15) is 24.6 Å². The molecule has 1 atom stereocenters. The van der Waals surface area contributed by atoms with Crippen LogP contribution < -0.4 is 4.90 Å². The van der Waals surface area contributed by atoms with Crippen molar-refractivity contribution in [3.8, 4) is 5.75 Å². The van der Waals surface area contributed by atoms with E-state index in [1.807, 2.05) is 0 Å². The highest BCUT2D eigenvalue weighted by Crippen LogP contribution is 2.42. The first-order valence-electron chi connectivity index (χ1n) is 10.8. The van der Waals surface area contributed by atoms with E-state index in [0.717, 1.165) is 0 Å². The molecular weight excluding hydrogens is 470 g/mol. The van der Waals surface area contributed by atoms with Crippen molar-refractivity contribution in [2.24, 2.45) is 0 Å². The lowest BCUT2D eigenvalue weighted by molar-refractivity contribution is -0.132. The van der Waals surface area contributed by atoms with Crippen molar-refractivity contribution in [2.45, 2.75) is 26.0 Å². The Balaban J connectivity index is 1.88. The molecule has 35 heavy (non-hydrogen) atoms. The first kappa shape index (κ1) is 24.0. The summed E-state index contributed by atoms with van der Waals surface area (Å²) in [4.78, 5) is 40.2. The van der Waals surface area contributed by atoms with E-state index in [2.05, 4.69) is 0 Å². The maximum absolute atomic E-state index is 13.3. The second-order valence-corrected chi connectivity index (χ2v) is 8.71. The summed E-state index contributed by atoms with van der Waals surface area (Å²) in [6.45, 7) is 3.45. The molecule has 0 spiro atoms. The van der Waals surface area contributed by atoms with E-state index >= 15 is 0 Å². The lowest BCUT2D eigenvalue weighted by Crippen LogP contribution is -2.29. The molecule has 0 radical (unpaired) electrons. The van der Waals surface area contributed by atoms with Crippen molar-refractivity contribution < 1.29 is 29.3 Å². The van der Waals surface area contributed by atoms with Gasteiger partial charge in [0.25, 0.3) is 11.7 Å². The van der Waals surface area contributed by atoms with Gasteiger partial charge in [0.2, 0.25) is 0 Å². The number of ketones is 1. The maximum atomic E-state index is 13.3. The van der Waals surface area contributed by atoms with Crippen LogP contribution in [-0.4, -0.2) is 34.0 Å². The van der Waals surface area contributed by atoms with Crippen LogP contribution in [0.1, 0.15) is 41.4 Å². The predicted octanol–water partition coefficient (Wildman–Crippen LogP) is 5.24. The van der Waals surface area contributed by atoms with Crippen molar-refractivity contribution in [3.05, 3.63) is 100 Å². The number of esters is 1. The number of carbonyl (C=O) groups is 3. The smallest absolute Gasteiger partial charge is 0.338 e. The summed E-state index contributed by atoms with van der Waals surface area (Å²) in [7, 11) is 0. The first-order chi connectivity index (χ1) is 16.7. The first-order valence-corrected chi connectivity index (χ1v) is 11.2. The number of aromatic hydroxyl groups is 1. The Morgan fingerprint density at radius 2 is 1.63 bits per heavy atom. The zero-order valence-electron chi connectivity index (χ0n) is 18.9. The molecule has 4 rings (SSSR count). The van der Waals surface area contributed by atoms with Crippen LogP contribution in [0.25, 0.3) is 5.76 Å². The third kappa shape index (κ3) is 4.76. The third-order valence-electron chi connectivity index (χ3n) is 5.47. The number of Topliss-reactive ketones (excluding diaryl/α,β-unsaturated/α-hetero) is 1. The van der Waals surface area contributed by atoms with E-state index in [1.54, 1.807) is 68.4 Å². The Morgan fingerprint density at radius 1 is 0.971 bits per heavy atom. The largest absolute Gasteiger partial charge is 0.508 e. The topological polar surface area (TPSA) is 104 Å². The molecule has 1 amide bonds. The summed E-state index contributed by atoms with van der Waals surface area (Å²) in [5, 5.41) is 21.3. The molecule has 3 aromatic carbocycles. The Morgan fingerprint density at radius 3 is 2.26 bits per heavy atom. The summed E-state index contributed by atoms with van der Waals surface area (Å²) in [6, 6.07) is 17.4. The van der Waals surface area contributed by atoms with Gasteiger partial charge in [0.1, 0.15) is 11.5 Å². The number of amides is 1. The van der Waals surface area contributed by atoms with Gasteiger partial charge >= 0.3 is 5.97 Å². The molecule has 7 nitrogen and oxygen atoms in total. The second-order valence-electron chi connectivity index (χ2n) is 8.27. The van der Waals surface area contributed by atoms with Crippen molar-refractivity contribution in [1.29, 1.82) is 0 Å². The predicted molar refractivity (Wildman–Crippen MR) is 131 cm³/mol. The van der Waals surface area contributed by atoms with Gasteiger partial charge in [0, 0.05) is 16.3 Å². The normalized spacial score (nSPS) is 17.1. The van der Waals surface area contributed by atoms with Gasteiger partial charge in [-0.3, -0.25) is 14.5 Å². The quantitative estimate of drug-likeness (QED) is 0.219.